The third-order valence-electron chi connectivity index (χ3n) is 4.71. The van der Waals surface area contributed by atoms with E-state index in [1.807, 2.05) is 12.1 Å². The predicted molar refractivity (Wildman–Crippen MR) is 122 cm³/mol. The van der Waals surface area contributed by atoms with Gasteiger partial charge in [0.05, 0.1) is 17.0 Å². The lowest BCUT2D eigenvalue weighted by atomic mass is 10.2. The van der Waals surface area contributed by atoms with Gasteiger partial charge in [-0.2, -0.15) is 0 Å². The van der Waals surface area contributed by atoms with Gasteiger partial charge in [0.2, 0.25) is 5.91 Å². The molecule has 0 spiro atoms. The average molecular weight is 422 g/mol. The number of nitro benzene ring substituents is 1. The summed E-state index contributed by atoms with van der Waals surface area (Å²) in [6, 6.07) is 11.7. The Bertz CT molecular complexity index is 1050. The molecule has 2 N–H and O–H groups in total. The molecule has 9 heteroatoms. The highest BCUT2D eigenvalue weighted by molar-refractivity contribution is 5.93. The fraction of sp³-hybridized carbons (Fsp3) is 0.318. The topological polar surface area (TPSA) is 113 Å². The van der Waals surface area contributed by atoms with E-state index < -0.39 is 4.92 Å². The van der Waals surface area contributed by atoms with Gasteiger partial charge in [0.1, 0.15) is 12.1 Å². The van der Waals surface area contributed by atoms with Gasteiger partial charge in [-0.15, -0.1) is 0 Å². The summed E-state index contributed by atoms with van der Waals surface area (Å²) in [5.74, 6) is 0.428. The molecular weight excluding hydrogens is 396 g/mol. The summed E-state index contributed by atoms with van der Waals surface area (Å²) in [5, 5.41) is 17.7. The smallest absolute Gasteiger partial charge is 0.270 e. The number of anilines is 3. The van der Waals surface area contributed by atoms with E-state index in [1.54, 1.807) is 18.2 Å². The lowest BCUT2D eigenvalue weighted by Gasteiger charge is -2.20. The molecule has 3 aromatic rings. The first-order valence-electron chi connectivity index (χ1n) is 10.3. The van der Waals surface area contributed by atoms with Gasteiger partial charge in [-0.05, 0) is 56.3 Å². The molecular formula is C22H26N6O3. The molecule has 0 fully saturated rings. The van der Waals surface area contributed by atoms with Crippen LogP contribution in [0.5, 0.6) is 0 Å². The summed E-state index contributed by atoms with van der Waals surface area (Å²) in [6.07, 6.45) is 3.42. The Kier molecular flexibility index (Phi) is 7.45. The van der Waals surface area contributed by atoms with Crippen molar-refractivity contribution in [2.45, 2.75) is 26.7 Å². The fourth-order valence-electron chi connectivity index (χ4n) is 3.34. The largest absolute Gasteiger partial charge is 0.340 e. The number of hydrogen-bond donors (Lipinski definition) is 2. The standard InChI is InChI=1S/C22H26N6O3/c1-3-11-27(12-4-2)14-21(29)25-16-5-7-17(8-6-16)26-22-19-13-18(28(30)31)9-10-20(19)23-15-24-22/h5-10,13,15H,3-4,11-12,14H2,1-2H3,(H,25,29)(H,23,24,26). The molecule has 0 atom stereocenters. The third kappa shape index (κ3) is 5.95. The number of aromatic nitrogens is 2. The molecule has 0 aliphatic carbocycles. The minimum absolute atomic E-state index is 0.0244. The number of fused-ring (bicyclic) bond motifs is 1. The Morgan fingerprint density at radius 1 is 1.03 bits per heavy atom. The lowest BCUT2D eigenvalue weighted by Crippen LogP contribution is -2.34. The van der Waals surface area contributed by atoms with Crippen molar-refractivity contribution >= 4 is 39.7 Å². The first kappa shape index (κ1) is 22.1. The van der Waals surface area contributed by atoms with E-state index in [9.17, 15) is 14.9 Å². The number of hydrogen-bond acceptors (Lipinski definition) is 7. The van der Waals surface area contributed by atoms with Gasteiger partial charge in [0.25, 0.3) is 5.69 Å². The Morgan fingerprint density at radius 2 is 1.71 bits per heavy atom. The van der Waals surface area contributed by atoms with Gasteiger partial charge in [-0.25, -0.2) is 9.97 Å². The van der Waals surface area contributed by atoms with Crippen LogP contribution < -0.4 is 10.6 Å². The molecule has 162 valence electrons. The van der Waals surface area contributed by atoms with E-state index in [-0.39, 0.29) is 11.6 Å². The number of rotatable bonds is 10. The highest BCUT2D eigenvalue weighted by Gasteiger charge is 2.12. The van der Waals surface area contributed by atoms with E-state index in [1.165, 1.54) is 18.5 Å². The number of nitrogens with zero attached hydrogens (tertiary/aromatic N) is 4. The van der Waals surface area contributed by atoms with Crippen LogP contribution in [0.25, 0.3) is 10.9 Å². The van der Waals surface area contributed by atoms with Crippen molar-refractivity contribution in [3.05, 3.63) is 58.9 Å². The number of carbonyl (C=O) groups excluding carboxylic acids is 1. The molecule has 9 nitrogen and oxygen atoms in total. The first-order chi connectivity index (χ1) is 15.0. The lowest BCUT2D eigenvalue weighted by molar-refractivity contribution is -0.384. The SMILES string of the molecule is CCCN(CCC)CC(=O)Nc1ccc(Nc2ncnc3ccc([N+](=O)[O-])cc23)cc1. The summed E-state index contributed by atoms with van der Waals surface area (Å²) in [7, 11) is 0. The quantitative estimate of drug-likeness (QED) is 0.369. The van der Waals surface area contributed by atoms with E-state index >= 15 is 0 Å². The Morgan fingerprint density at radius 3 is 2.35 bits per heavy atom. The fourth-order valence-corrected chi connectivity index (χ4v) is 3.34. The molecule has 0 aliphatic rings. The summed E-state index contributed by atoms with van der Waals surface area (Å²) in [4.78, 5) is 33.5. The number of nitrogens with one attached hydrogen (secondary N) is 2. The van der Waals surface area contributed by atoms with Crippen LogP contribution in [0, 0.1) is 10.1 Å². The van der Waals surface area contributed by atoms with Crippen LogP contribution in [0.2, 0.25) is 0 Å². The van der Waals surface area contributed by atoms with Crippen molar-refractivity contribution in [3.8, 4) is 0 Å². The second kappa shape index (κ2) is 10.4. The second-order valence-corrected chi connectivity index (χ2v) is 7.21. The van der Waals surface area contributed by atoms with Crippen LogP contribution in [-0.4, -0.2) is 45.3 Å². The van der Waals surface area contributed by atoms with E-state index in [0.29, 0.717) is 29.0 Å². The highest BCUT2D eigenvalue weighted by atomic mass is 16.6. The number of nitro groups is 1. The van der Waals surface area contributed by atoms with Crippen LogP contribution in [-0.2, 0) is 4.79 Å². The third-order valence-corrected chi connectivity index (χ3v) is 4.71. The maximum absolute atomic E-state index is 12.3. The molecule has 1 aromatic heterocycles. The Balaban J connectivity index is 1.69. The summed E-state index contributed by atoms with van der Waals surface area (Å²) >= 11 is 0. The zero-order valence-electron chi connectivity index (χ0n) is 17.7. The van der Waals surface area contributed by atoms with Gasteiger partial charge in [0.15, 0.2) is 0 Å². The predicted octanol–water partition coefficient (Wildman–Crippen LogP) is 4.34. The summed E-state index contributed by atoms with van der Waals surface area (Å²) < 4.78 is 0. The van der Waals surface area contributed by atoms with Gasteiger partial charge in [-0.3, -0.25) is 19.8 Å². The van der Waals surface area contributed by atoms with Crippen LogP contribution in [0.3, 0.4) is 0 Å². The minimum atomic E-state index is -0.449. The van der Waals surface area contributed by atoms with E-state index in [4.69, 9.17) is 0 Å². The molecule has 0 aliphatic heterocycles. The monoisotopic (exact) mass is 422 g/mol. The van der Waals surface area contributed by atoms with E-state index in [0.717, 1.165) is 31.6 Å². The van der Waals surface area contributed by atoms with Gasteiger partial charge in [-0.1, -0.05) is 13.8 Å². The molecule has 0 saturated heterocycles. The van der Waals surface area contributed by atoms with Gasteiger partial charge < -0.3 is 10.6 Å². The number of amides is 1. The van der Waals surface area contributed by atoms with Crippen molar-refractivity contribution in [2.24, 2.45) is 0 Å². The molecule has 3 rings (SSSR count). The van der Waals surface area contributed by atoms with Crippen molar-refractivity contribution in [3.63, 3.8) is 0 Å². The Labute approximate surface area is 180 Å². The molecule has 1 amide bonds. The molecule has 0 radical (unpaired) electrons. The minimum Gasteiger partial charge on any atom is -0.340 e. The molecule has 1 heterocycles. The number of non-ortho nitro benzene ring substituents is 1. The summed E-state index contributed by atoms with van der Waals surface area (Å²) in [6.45, 7) is 6.37. The maximum atomic E-state index is 12.3. The molecule has 0 bridgehead atoms. The van der Waals surface area contributed by atoms with Crippen LogP contribution in [0.4, 0.5) is 22.9 Å². The van der Waals surface area contributed by atoms with Crippen molar-refractivity contribution in [1.82, 2.24) is 14.9 Å². The normalized spacial score (nSPS) is 10.9. The zero-order chi connectivity index (χ0) is 22.2. The van der Waals surface area contributed by atoms with Crippen molar-refractivity contribution in [1.29, 1.82) is 0 Å². The number of benzene rings is 2. The van der Waals surface area contributed by atoms with Crippen molar-refractivity contribution in [2.75, 3.05) is 30.3 Å². The van der Waals surface area contributed by atoms with Gasteiger partial charge in [0, 0.05) is 28.9 Å². The highest BCUT2D eigenvalue weighted by Crippen LogP contribution is 2.27. The molecule has 31 heavy (non-hydrogen) atoms. The molecule has 0 unspecified atom stereocenters. The first-order valence-corrected chi connectivity index (χ1v) is 10.3. The van der Waals surface area contributed by atoms with Gasteiger partial charge >= 0.3 is 0 Å². The molecule has 2 aromatic carbocycles. The van der Waals surface area contributed by atoms with Crippen molar-refractivity contribution < 1.29 is 9.72 Å². The summed E-state index contributed by atoms with van der Waals surface area (Å²) in [5.41, 5.74) is 2.02. The van der Waals surface area contributed by atoms with E-state index in [2.05, 4.69) is 39.3 Å². The maximum Gasteiger partial charge on any atom is 0.270 e. The average Bonchev–Trinajstić information content (AvgIpc) is 2.75. The molecule has 0 saturated carbocycles. The number of carbonyl (C=O) groups is 1. The second-order valence-electron chi connectivity index (χ2n) is 7.21. The van der Waals surface area contributed by atoms with Crippen LogP contribution in [0.15, 0.2) is 48.8 Å². The van der Waals surface area contributed by atoms with Crippen LogP contribution >= 0.6 is 0 Å². The zero-order valence-corrected chi connectivity index (χ0v) is 17.7. The van der Waals surface area contributed by atoms with Crippen LogP contribution in [0.1, 0.15) is 26.7 Å². The Hall–Kier alpha value is -3.59.